The minimum Gasteiger partial charge on any atom is -0.463 e. The van der Waals surface area contributed by atoms with Crippen LogP contribution < -0.4 is 0 Å². The van der Waals surface area contributed by atoms with E-state index in [0.29, 0.717) is 23.6 Å². The molecular weight excluding hydrogens is 288 g/mol. The molecule has 2 rings (SSSR count). The fraction of sp³-hybridized carbons (Fsp3) is 0.471. The lowest BCUT2D eigenvalue weighted by Gasteiger charge is -2.34. The van der Waals surface area contributed by atoms with E-state index in [0.717, 1.165) is 24.0 Å². The molecule has 0 saturated carbocycles. The normalized spacial score (nSPS) is 22.3. The van der Waals surface area contributed by atoms with Crippen molar-refractivity contribution in [1.82, 2.24) is 0 Å². The number of rotatable bonds is 4. The summed E-state index contributed by atoms with van der Waals surface area (Å²) in [5.74, 6) is -0.276. The van der Waals surface area contributed by atoms with Crippen LogP contribution in [-0.4, -0.2) is 24.3 Å². The van der Waals surface area contributed by atoms with E-state index >= 15 is 0 Å². The van der Waals surface area contributed by atoms with Gasteiger partial charge in [0.15, 0.2) is 0 Å². The molecular formula is C17H21ClO3. The van der Waals surface area contributed by atoms with Crippen LogP contribution in [0.4, 0.5) is 0 Å². The third kappa shape index (κ3) is 3.66. The van der Waals surface area contributed by atoms with Crippen molar-refractivity contribution in [1.29, 1.82) is 0 Å². The summed E-state index contributed by atoms with van der Waals surface area (Å²) < 4.78 is 5.19. The highest BCUT2D eigenvalue weighted by Gasteiger charge is 2.34. The summed E-state index contributed by atoms with van der Waals surface area (Å²) in [5, 5.41) is 10.3. The van der Waals surface area contributed by atoms with Crippen LogP contribution in [-0.2, 0) is 9.53 Å². The third-order valence-electron chi connectivity index (χ3n) is 4.04. The number of esters is 1. The number of carbonyl (C=O) groups is 1. The topological polar surface area (TPSA) is 46.5 Å². The highest BCUT2D eigenvalue weighted by Crippen LogP contribution is 2.42. The molecule has 3 nitrogen and oxygen atoms in total. The monoisotopic (exact) mass is 308 g/mol. The Morgan fingerprint density at radius 1 is 1.38 bits per heavy atom. The first-order chi connectivity index (χ1) is 9.99. The summed E-state index contributed by atoms with van der Waals surface area (Å²) in [6, 6.07) is 7.51. The first kappa shape index (κ1) is 16.1. The van der Waals surface area contributed by atoms with Crippen LogP contribution in [0, 0.1) is 5.41 Å². The van der Waals surface area contributed by atoms with Crippen LogP contribution in [0.1, 0.15) is 38.7 Å². The maximum Gasteiger partial charge on any atom is 0.334 e. The number of allylic oxidation sites excluding steroid dienone is 1. The molecule has 1 aliphatic carbocycles. The molecule has 0 fully saturated rings. The largest absolute Gasteiger partial charge is 0.463 e. The first-order valence-electron chi connectivity index (χ1n) is 7.25. The summed E-state index contributed by atoms with van der Waals surface area (Å²) in [6.07, 6.45) is 2.15. The van der Waals surface area contributed by atoms with E-state index in [1.807, 2.05) is 31.2 Å². The molecule has 0 radical (unpaired) electrons. The van der Waals surface area contributed by atoms with Crippen LogP contribution in [0.25, 0.3) is 5.57 Å². The number of hydrogen-bond donors (Lipinski definition) is 1. The van der Waals surface area contributed by atoms with Crippen molar-refractivity contribution >= 4 is 23.1 Å². The number of aliphatic hydroxyl groups excluding tert-OH is 1. The van der Waals surface area contributed by atoms with Gasteiger partial charge in [0, 0.05) is 17.2 Å². The number of hydrogen-bond acceptors (Lipinski definition) is 3. The van der Waals surface area contributed by atoms with Crippen molar-refractivity contribution in [3.8, 4) is 0 Å². The summed E-state index contributed by atoms with van der Waals surface area (Å²) >= 11 is 5.93. The van der Waals surface area contributed by atoms with E-state index in [-0.39, 0.29) is 18.0 Å². The average molecular weight is 309 g/mol. The van der Waals surface area contributed by atoms with Crippen molar-refractivity contribution in [2.45, 2.75) is 33.1 Å². The molecule has 1 N–H and O–H groups in total. The molecule has 0 aromatic heterocycles. The molecule has 1 atom stereocenters. The van der Waals surface area contributed by atoms with Crippen molar-refractivity contribution in [2.24, 2.45) is 5.41 Å². The molecule has 0 spiro atoms. The zero-order valence-corrected chi connectivity index (χ0v) is 13.2. The van der Waals surface area contributed by atoms with Gasteiger partial charge in [-0.1, -0.05) is 30.7 Å². The highest BCUT2D eigenvalue weighted by molar-refractivity contribution is 6.30. The van der Waals surface area contributed by atoms with E-state index < -0.39 is 0 Å². The van der Waals surface area contributed by atoms with Crippen molar-refractivity contribution in [3.63, 3.8) is 0 Å². The van der Waals surface area contributed by atoms with Gasteiger partial charge in [0.05, 0.1) is 6.61 Å². The summed E-state index contributed by atoms with van der Waals surface area (Å²) in [4.78, 5) is 12.3. The van der Waals surface area contributed by atoms with Crippen molar-refractivity contribution in [3.05, 3.63) is 40.4 Å². The van der Waals surface area contributed by atoms with Gasteiger partial charge in [0.1, 0.15) is 0 Å². The van der Waals surface area contributed by atoms with E-state index in [9.17, 15) is 9.90 Å². The summed E-state index contributed by atoms with van der Waals surface area (Å²) in [7, 11) is 0. The Morgan fingerprint density at radius 2 is 2.05 bits per heavy atom. The standard InChI is InChI=1S/C17H21ClO3/c1-3-21-16(20)15-10-17(2,11-19)9-8-14(15)12-4-6-13(18)7-5-12/h4-7,19H,3,8-11H2,1-2H3/t17-/m1/s1. The quantitative estimate of drug-likeness (QED) is 0.860. The zero-order chi connectivity index (χ0) is 15.5. The first-order valence-corrected chi connectivity index (χ1v) is 7.63. The molecule has 114 valence electrons. The van der Waals surface area contributed by atoms with Crippen LogP contribution in [0.15, 0.2) is 29.8 Å². The fourth-order valence-corrected chi connectivity index (χ4v) is 2.84. The molecule has 1 aliphatic rings. The van der Waals surface area contributed by atoms with Crippen LogP contribution >= 0.6 is 11.6 Å². The van der Waals surface area contributed by atoms with Crippen LogP contribution in [0.3, 0.4) is 0 Å². The summed E-state index contributed by atoms with van der Waals surface area (Å²) in [6.45, 7) is 4.23. The van der Waals surface area contributed by atoms with E-state index in [2.05, 4.69) is 0 Å². The Hall–Kier alpha value is -1.32. The van der Waals surface area contributed by atoms with Gasteiger partial charge < -0.3 is 9.84 Å². The number of halogens is 1. The Kier molecular flexibility index (Phi) is 5.07. The number of ether oxygens (including phenoxy) is 1. The predicted molar refractivity (Wildman–Crippen MR) is 84.0 cm³/mol. The maximum atomic E-state index is 12.3. The molecule has 1 aromatic rings. The van der Waals surface area contributed by atoms with Gasteiger partial charge in [-0.2, -0.15) is 0 Å². The van der Waals surface area contributed by atoms with E-state index in [1.54, 1.807) is 6.92 Å². The van der Waals surface area contributed by atoms with Crippen molar-refractivity contribution < 1.29 is 14.6 Å². The highest BCUT2D eigenvalue weighted by atomic mass is 35.5. The smallest absolute Gasteiger partial charge is 0.334 e. The molecule has 1 aromatic carbocycles. The summed E-state index contributed by atoms with van der Waals surface area (Å²) in [5.41, 5.74) is 2.44. The van der Waals surface area contributed by atoms with Gasteiger partial charge in [0.2, 0.25) is 0 Å². The van der Waals surface area contributed by atoms with Gasteiger partial charge in [-0.3, -0.25) is 0 Å². The van der Waals surface area contributed by atoms with Crippen molar-refractivity contribution in [2.75, 3.05) is 13.2 Å². The zero-order valence-electron chi connectivity index (χ0n) is 12.5. The fourth-order valence-electron chi connectivity index (χ4n) is 2.72. The van der Waals surface area contributed by atoms with Crippen LogP contribution in [0.5, 0.6) is 0 Å². The van der Waals surface area contributed by atoms with Crippen LogP contribution in [0.2, 0.25) is 5.02 Å². The molecule has 4 heteroatoms. The second-order valence-corrected chi connectivity index (χ2v) is 6.27. The predicted octanol–water partition coefficient (Wildman–Crippen LogP) is 3.84. The third-order valence-corrected chi connectivity index (χ3v) is 4.29. The lowest BCUT2D eigenvalue weighted by molar-refractivity contribution is -0.139. The Balaban J connectivity index is 2.42. The Bertz CT molecular complexity index is 548. The maximum absolute atomic E-state index is 12.3. The number of aliphatic hydroxyl groups is 1. The Morgan fingerprint density at radius 3 is 2.62 bits per heavy atom. The van der Waals surface area contributed by atoms with E-state index in [1.165, 1.54) is 0 Å². The molecule has 0 amide bonds. The molecule has 0 heterocycles. The molecule has 21 heavy (non-hydrogen) atoms. The molecule has 0 unspecified atom stereocenters. The molecule has 0 saturated heterocycles. The second-order valence-electron chi connectivity index (χ2n) is 5.83. The van der Waals surface area contributed by atoms with Gasteiger partial charge in [-0.05, 0) is 54.9 Å². The molecule has 0 bridgehead atoms. The lowest BCUT2D eigenvalue weighted by Crippen LogP contribution is -2.29. The lowest BCUT2D eigenvalue weighted by atomic mass is 9.72. The van der Waals surface area contributed by atoms with Gasteiger partial charge in [-0.15, -0.1) is 0 Å². The SMILES string of the molecule is CCOC(=O)C1=C(c2ccc(Cl)cc2)CC[C@@](C)(CO)C1. The second kappa shape index (κ2) is 6.63. The number of benzene rings is 1. The van der Waals surface area contributed by atoms with Gasteiger partial charge in [0.25, 0.3) is 0 Å². The average Bonchev–Trinajstić information content (AvgIpc) is 2.48. The van der Waals surface area contributed by atoms with Gasteiger partial charge in [-0.25, -0.2) is 4.79 Å². The minimum atomic E-state index is -0.276. The Labute approximate surface area is 130 Å². The number of carbonyl (C=O) groups excluding carboxylic acids is 1. The van der Waals surface area contributed by atoms with Gasteiger partial charge >= 0.3 is 5.97 Å². The molecule has 0 aliphatic heterocycles. The minimum absolute atomic E-state index is 0.0732. The van der Waals surface area contributed by atoms with E-state index in [4.69, 9.17) is 16.3 Å².